The van der Waals surface area contributed by atoms with Crippen LogP contribution in [-0.4, -0.2) is 29.2 Å². The normalized spacial score (nSPS) is 19.7. The Bertz CT molecular complexity index is 960. The minimum absolute atomic E-state index is 0.0146. The Labute approximate surface area is 166 Å². The van der Waals surface area contributed by atoms with Gasteiger partial charge >= 0.3 is 12.2 Å². The molecule has 1 atom stereocenters. The number of hydrogen-bond acceptors (Lipinski definition) is 3. The van der Waals surface area contributed by atoms with Gasteiger partial charge in [0.25, 0.3) is 5.91 Å². The second-order valence-electron chi connectivity index (χ2n) is 6.46. The van der Waals surface area contributed by atoms with Gasteiger partial charge in [-0.15, -0.1) is 0 Å². The van der Waals surface area contributed by atoms with Crippen LogP contribution in [0, 0.1) is 0 Å². The predicted octanol–water partition coefficient (Wildman–Crippen LogP) is 4.12. The summed E-state index contributed by atoms with van der Waals surface area (Å²) < 4.78 is 39.7. The van der Waals surface area contributed by atoms with Gasteiger partial charge in [-0.3, -0.25) is 14.5 Å². The number of carbonyl (C=O) groups is 3. The minimum Gasteiger partial charge on any atom is -0.319 e. The van der Waals surface area contributed by atoms with E-state index >= 15 is 0 Å². The van der Waals surface area contributed by atoms with Crippen molar-refractivity contribution in [1.29, 1.82) is 0 Å². The molecule has 2 aromatic rings. The molecule has 3 rings (SSSR count). The highest BCUT2D eigenvalue weighted by atomic mass is 79.9. The number of nitrogens with zero attached hydrogens (tertiary/aromatic N) is 1. The second kappa shape index (κ2) is 7.05. The van der Waals surface area contributed by atoms with E-state index in [9.17, 15) is 27.6 Å². The fraction of sp³-hybridized carbons (Fsp3) is 0.211. The second-order valence-corrected chi connectivity index (χ2v) is 7.37. The highest BCUT2D eigenvalue weighted by molar-refractivity contribution is 9.10. The van der Waals surface area contributed by atoms with Crippen LogP contribution >= 0.6 is 15.9 Å². The molecule has 9 heteroatoms. The third kappa shape index (κ3) is 3.66. The van der Waals surface area contributed by atoms with E-state index in [2.05, 4.69) is 21.2 Å². The lowest BCUT2D eigenvalue weighted by molar-refractivity contribution is -0.138. The molecular weight excluding hydrogens is 441 g/mol. The lowest BCUT2D eigenvalue weighted by atomic mass is 9.90. The largest absolute Gasteiger partial charge is 0.416 e. The highest BCUT2D eigenvalue weighted by Crippen LogP contribution is 2.34. The molecule has 1 heterocycles. The van der Waals surface area contributed by atoms with Crippen molar-refractivity contribution >= 4 is 33.7 Å². The fourth-order valence-electron chi connectivity index (χ4n) is 2.91. The molecule has 1 aliphatic rings. The maximum atomic E-state index is 13.0. The van der Waals surface area contributed by atoms with Crippen molar-refractivity contribution < 1.29 is 27.6 Å². The molecule has 0 bridgehead atoms. The first-order valence-electron chi connectivity index (χ1n) is 8.13. The van der Waals surface area contributed by atoms with Crippen molar-refractivity contribution in [1.82, 2.24) is 10.2 Å². The van der Waals surface area contributed by atoms with Crippen molar-refractivity contribution in [3.05, 3.63) is 69.7 Å². The molecule has 1 fully saturated rings. The first-order chi connectivity index (χ1) is 13.0. The summed E-state index contributed by atoms with van der Waals surface area (Å²) in [6.45, 7) is 0.799. The molecule has 0 spiro atoms. The van der Waals surface area contributed by atoms with Crippen molar-refractivity contribution in [2.45, 2.75) is 18.6 Å². The van der Waals surface area contributed by atoms with Gasteiger partial charge in [0.1, 0.15) is 5.54 Å². The van der Waals surface area contributed by atoms with Crippen molar-refractivity contribution in [2.75, 3.05) is 6.54 Å². The summed E-state index contributed by atoms with van der Waals surface area (Å²) in [5.74, 6) is -1.26. The zero-order valence-corrected chi connectivity index (χ0v) is 16.1. The molecule has 1 saturated heterocycles. The Balaban J connectivity index is 1.86. The average molecular weight is 455 g/mol. The molecule has 0 saturated carbocycles. The van der Waals surface area contributed by atoms with Gasteiger partial charge in [-0.25, -0.2) is 4.79 Å². The van der Waals surface area contributed by atoms with E-state index in [1.54, 1.807) is 12.1 Å². The quantitative estimate of drug-likeness (QED) is 0.558. The van der Waals surface area contributed by atoms with Gasteiger partial charge < -0.3 is 5.32 Å². The Kier molecular flexibility index (Phi) is 5.05. The van der Waals surface area contributed by atoms with Gasteiger partial charge in [-0.1, -0.05) is 40.2 Å². The van der Waals surface area contributed by atoms with E-state index in [0.29, 0.717) is 10.5 Å². The third-order valence-electron chi connectivity index (χ3n) is 4.51. The molecule has 5 nitrogen and oxygen atoms in total. The van der Waals surface area contributed by atoms with Crippen LogP contribution in [0.5, 0.6) is 0 Å². The number of halogens is 4. The summed E-state index contributed by atoms with van der Waals surface area (Å²) >= 11 is 3.24. The number of urea groups is 1. The zero-order chi connectivity index (χ0) is 20.7. The number of nitrogens with one attached hydrogen (secondary N) is 1. The Morgan fingerprint density at radius 1 is 1.14 bits per heavy atom. The Morgan fingerprint density at radius 3 is 2.39 bits per heavy atom. The van der Waals surface area contributed by atoms with Crippen LogP contribution in [-0.2, 0) is 16.5 Å². The van der Waals surface area contributed by atoms with Crippen LogP contribution in [0.3, 0.4) is 0 Å². The topological polar surface area (TPSA) is 66.5 Å². The average Bonchev–Trinajstić information content (AvgIpc) is 2.86. The molecular formula is C19H14BrF3N2O3. The van der Waals surface area contributed by atoms with E-state index in [-0.39, 0.29) is 5.56 Å². The van der Waals surface area contributed by atoms with Crippen LogP contribution in [0.1, 0.15) is 28.4 Å². The number of carbonyl (C=O) groups excluding carboxylic acids is 3. The smallest absolute Gasteiger partial charge is 0.319 e. The zero-order valence-electron chi connectivity index (χ0n) is 14.5. The molecule has 1 N–H and O–H groups in total. The molecule has 1 unspecified atom stereocenters. The minimum atomic E-state index is -4.59. The van der Waals surface area contributed by atoms with Gasteiger partial charge in [0, 0.05) is 10.0 Å². The summed E-state index contributed by atoms with van der Waals surface area (Å²) in [4.78, 5) is 38.2. The van der Waals surface area contributed by atoms with Crippen LogP contribution in [0.4, 0.5) is 18.0 Å². The summed E-state index contributed by atoms with van der Waals surface area (Å²) in [6.07, 6.45) is -4.59. The molecule has 0 aromatic heterocycles. The lowest BCUT2D eigenvalue weighted by Crippen LogP contribution is -2.41. The van der Waals surface area contributed by atoms with Crippen LogP contribution < -0.4 is 5.32 Å². The summed E-state index contributed by atoms with van der Waals surface area (Å²) in [5, 5.41) is 2.40. The standard InChI is InChI=1S/C19H14BrF3N2O3/c1-18(12-3-2-4-13(9-12)19(21,22)23)16(27)25(17(28)24-18)10-15(26)11-5-7-14(20)8-6-11/h2-9H,10H2,1H3,(H,24,28). The summed E-state index contributed by atoms with van der Waals surface area (Å²) in [6, 6.07) is 9.72. The highest BCUT2D eigenvalue weighted by Gasteiger charge is 2.50. The number of hydrogen-bond donors (Lipinski definition) is 1. The predicted molar refractivity (Wildman–Crippen MR) is 97.5 cm³/mol. The van der Waals surface area contributed by atoms with E-state index in [0.717, 1.165) is 16.6 Å². The Hall–Kier alpha value is -2.68. The molecule has 28 heavy (non-hydrogen) atoms. The van der Waals surface area contributed by atoms with E-state index in [4.69, 9.17) is 0 Å². The number of alkyl halides is 3. The maximum absolute atomic E-state index is 13.0. The lowest BCUT2D eigenvalue weighted by Gasteiger charge is -2.23. The Morgan fingerprint density at radius 2 is 1.79 bits per heavy atom. The SMILES string of the molecule is CC1(c2cccc(C(F)(F)F)c2)NC(=O)N(CC(=O)c2ccc(Br)cc2)C1=O. The first kappa shape index (κ1) is 20.1. The molecule has 0 radical (unpaired) electrons. The van der Waals surface area contributed by atoms with Gasteiger partial charge in [0.05, 0.1) is 12.1 Å². The van der Waals surface area contributed by atoms with E-state index in [1.165, 1.54) is 31.2 Å². The molecule has 3 amide bonds. The number of rotatable bonds is 4. The monoisotopic (exact) mass is 454 g/mol. The summed E-state index contributed by atoms with van der Waals surface area (Å²) in [7, 11) is 0. The van der Waals surface area contributed by atoms with Gasteiger partial charge in [0.15, 0.2) is 5.78 Å². The van der Waals surface area contributed by atoms with E-state index in [1.807, 2.05) is 0 Å². The number of imide groups is 1. The maximum Gasteiger partial charge on any atom is 0.416 e. The molecule has 0 aliphatic carbocycles. The van der Waals surface area contributed by atoms with Gasteiger partial charge in [-0.05, 0) is 36.8 Å². The summed E-state index contributed by atoms with van der Waals surface area (Å²) in [5.41, 5.74) is -2.34. The van der Waals surface area contributed by atoms with Crippen molar-refractivity contribution in [3.63, 3.8) is 0 Å². The number of ketones is 1. The van der Waals surface area contributed by atoms with Gasteiger partial charge in [0.2, 0.25) is 0 Å². The molecule has 2 aromatic carbocycles. The van der Waals surface area contributed by atoms with Crippen LogP contribution in [0.15, 0.2) is 53.0 Å². The number of benzene rings is 2. The third-order valence-corrected chi connectivity index (χ3v) is 5.04. The molecule has 1 aliphatic heterocycles. The fourth-order valence-corrected chi connectivity index (χ4v) is 3.18. The molecule has 146 valence electrons. The van der Waals surface area contributed by atoms with Crippen LogP contribution in [0.25, 0.3) is 0 Å². The van der Waals surface area contributed by atoms with Crippen molar-refractivity contribution in [2.24, 2.45) is 0 Å². The number of amides is 3. The number of Topliss-reactive ketones (excluding diaryl/α,β-unsaturated/α-hetero) is 1. The van der Waals surface area contributed by atoms with E-state index < -0.39 is 41.5 Å². The van der Waals surface area contributed by atoms with Gasteiger partial charge in [-0.2, -0.15) is 13.2 Å². The first-order valence-corrected chi connectivity index (χ1v) is 8.92. The van der Waals surface area contributed by atoms with Crippen molar-refractivity contribution in [3.8, 4) is 0 Å². The van der Waals surface area contributed by atoms with Crippen LogP contribution in [0.2, 0.25) is 0 Å².